The topological polar surface area (TPSA) is 63.2 Å². The van der Waals surface area contributed by atoms with Crippen LogP contribution in [0.3, 0.4) is 0 Å². The standard InChI is InChI=1S/C16H12BrF2NO3S/c17-12-6-2-1-5-11(12)9-10-15(21)20-13-7-3-4-8-14(13)24(22,23)16(18)19/h1-10,16H,(H,20,21). The Morgan fingerprint density at radius 3 is 2.38 bits per heavy atom. The van der Waals surface area contributed by atoms with E-state index in [0.717, 1.165) is 16.1 Å². The van der Waals surface area contributed by atoms with Gasteiger partial charge >= 0.3 is 5.76 Å². The molecule has 1 N–H and O–H groups in total. The maximum atomic E-state index is 12.7. The van der Waals surface area contributed by atoms with Gasteiger partial charge in [-0.3, -0.25) is 4.79 Å². The van der Waals surface area contributed by atoms with Crippen LogP contribution in [0.5, 0.6) is 0 Å². The highest BCUT2D eigenvalue weighted by Crippen LogP contribution is 2.26. The fraction of sp³-hybridized carbons (Fsp3) is 0.0625. The minimum absolute atomic E-state index is 0.195. The van der Waals surface area contributed by atoms with Crippen LogP contribution in [0.4, 0.5) is 14.5 Å². The van der Waals surface area contributed by atoms with E-state index in [9.17, 15) is 22.0 Å². The first-order chi connectivity index (χ1) is 11.3. The molecule has 0 radical (unpaired) electrons. The fourth-order valence-corrected chi connectivity index (χ4v) is 3.17. The van der Waals surface area contributed by atoms with E-state index in [1.807, 2.05) is 6.07 Å². The molecule has 4 nitrogen and oxygen atoms in total. The van der Waals surface area contributed by atoms with E-state index in [1.54, 1.807) is 18.2 Å². The van der Waals surface area contributed by atoms with Crippen molar-refractivity contribution in [3.8, 4) is 0 Å². The number of alkyl halides is 2. The van der Waals surface area contributed by atoms with Crippen molar-refractivity contribution in [2.24, 2.45) is 0 Å². The van der Waals surface area contributed by atoms with E-state index in [1.165, 1.54) is 30.4 Å². The van der Waals surface area contributed by atoms with Crippen molar-refractivity contribution in [2.75, 3.05) is 5.32 Å². The molecule has 0 saturated carbocycles. The van der Waals surface area contributed by atoms with Gasteiger partial charge in [0.2, 0.25) is 15.7 Å². The third kappa shape index (κ3) is 4.27. The average Bonchev–Trinajstić information content (AvgIpc) is 2.54. The molecule has 0 fully saturated rings. The lowest BCUT2D eigenvalue weighted by Gasteiger charge is -2.10. The Bertz CT molecular complexity index is 882. The van der Waals surface area contributed by atoms with Gasteiger partial charge in [-0.25, -0.2) is 8.42 Å². The number of benzene rings is 2. The molecule has 2 rings (SSSR count). The molecule has 0 aromatic heterocycles. The van der Waals surface area contributed by atoms with Crippen LogP contribution in [0.15, 0.2) is 64.0 Å². The summed E-state index contributed by atoms with van der Waals surface area (Å²) in [7, 11) is -4.81. The maximum absolute atomic E-state index is 12.7. The Kier molecular flexibility index (Phi) is 5.84. The molecule has 8 heteroatoms. The molecule has 126 valence electrons. The van der Waals surface area contributed by atoms with Crippen LogP contribution < -0.4 is 5.32 Å². The van der Waals surface area contributed by atoms with Crippen molar-refractivity contribution in [1.29, 1.82) is 0 Å². The molecule has 0 atom stereocenters. The van der Waals surface area contributed by atoms with Gasteiger partial charge in [0.15, 0.2) is 0 Å². The number of hydrogen-bond donors (Lipinski definition) is 1. The molecule has 2 aromatic rings. The molecule has 0 aliphatic rings. The second kappa shape index (κ2) is 7.67. The number of anilines is 1. The van der Waals surface area contributed by atoms with Crippen molar-refractivity contribution in [1.82, 2.24) is 0 Å². The van der Waals surface area contributed by atoms with Crippen molar-refractivity contribution < 1.29 is 22.0 Å². The van der Waals surface area contributed by atoms with Crippen LogP contribution in [0, 0.1) is 0 Å². The number of rotatable bonds is 5. The molecule has 2 aromatic carbocycles. The van der Waals surface area contributed by atoms with Crippen LogP contribution in [0.1, 0.15) is 5.56 Å². The summed E-state index contributed by atoms with van der Waals surface area (Å²) in [5.74, 6) is -4.20. The zero-order valence-corrected chi connectivity index (χ0v) is 14.5. The van der Waals surface area contributed by atoms with Crippen molar-refractivity contribution in [3.05, 3.63) is 64.6 Å². The number of sulfone groups is 1. The molecule has 0 aliphatic heterocycles. The number of hydrogen-bond acceptors (Lipinski definition) is 3. The van der Waals surface area contributed by atoms with Crippen molar-refractivity contribution >= 4 is 43.4 Å². The molecule has 0 aliphatic carbocycles. The molecule has 0 heterocycles. The first-order valence-corrected chi connectivity index (χ1v) is 9.01. The van der Waals surface area contributed by atoms with E-state index in [4.69, 9.17) is 0 Å². The Morgan fingerprint density at radius 1 is 1.08 bits per heavy atom. The second-order valence-electron chi connectivity index (χ2n) is 4.65. The number of halogens is 3. The Hall–Kier alpha value is -2.06. The third-order valence-corrected chi connectivity index (χ3v) is 5.17. The van der Waals surface area contributed by atoms with Crippen LogP contribution in [-0.2, 0) is 14.6 Å². The molecule has 1 amide bonds. The molecule has 24 heavy (non-hydrogen) atoms. The van der Waals surface area contributed by atoms with Gasteiger partial charge in [0.05, 0.1) is 10.6 Å². The summed E-state index contributed by atoms with van der Waals surface area (Å²) in [4.78, 5) is 11.3. The number of amides is 1. The van der Waals surface area contributed by atoms with Gasteiger partial charge < -0.3 is 5.32 Å². The lowest BCUT2D eigenvalue weighted by Crippen LogP contribution is -2.16. The van der Waals surface area contributed by atoms with E-state index < -0.39 is 26.4 Å². The quantitative estimate of drug-likeness (QED) is 0.747. The Morgan fingerprint density at radius 2 is 1.71 bits per heavy atom. The third-order valence-electron chi connectivity index (χ3n) is 3.01. The number of carbonyl (C=O) groups excluding carboxylic acids is 1. The smallest absolute Gasteiger partial charge is 0.321 e. The summed E-state index contributed by atoms with van der Waals surface area (Å²) in [6.45, 7) is 0. The number of nitrogens with one attached hydrogen (secondary N) is 1. The first kappa shape index (κ1) is 18.3. The van der Waals surface area contributed by atoms with Crippen molar-refractivity contribution in [3.63, 3.8) is 0 Å². The van der Waals surface area contributed by atoms with E-state index in [-0.39, 0.29) is 5.69 Å². The summed E-state index contributed by atoms with van der Waals surface area (Å²) >= 11 is 3.32. The predicted octanol–water partition coefficient (Wildman–Crippen LogP) is 4.10. The minimum Gasteiger partial charge on any atom is -0.321 e. The molecule has 0 spiro atoms. The van der Waals surface area contributed by atoms with Crippen LogP contribution in [0.2, 0.25) is 0 Å². The van der Waals surface area contributed by atoms with Gasteiger partial charge in [-0.05, 0) is 29.8 Å². The highest BCUT2D eigenvalue weighted by Gasteiger charge is 2.29. The predicted molar refractivity (Wildman–Crippen MR) is 91.4 cm³/mol. The normalized spacial score (nSPS) is 11.8. The summed E-state index contributed by atoms with van der Waals surface area (Å²) in [5, 5.41) is 2.31. The monoisotopic (exact) mass is 415 g/mol. The molecular formula is C16H12BrF2NO3S. The molecular weight excluding hydrogens is 404 g/mol. The van der Waals surface area contributed by atoms with Crippen LogP contribution >= 0.6 is 15.9 Å². The van der Waals surface area contributed by atoms with Gasteiger partial charge in [-0.1, -0.05) is 46.3 Å². The van der Waals surface area contributed by atoms with E-state index in [2.05, 4.69) is 21.2 Å². The van der Waals surface area contributed by atoms with Gasteiger partial charge in [0.25, 0.3) is 0 Å². The zero-order valence-electron chi connectivity index (χ0n) is 12.1. The molecule has 0 bridgehead atoms. The van der Waals surface area contributed by atoms with Gasteiger partial charge in [-0.2, -0.15) is 8.78 Å². The fourth-order valence-electron chi connectivity index (χ4n) is 1.86. The zero-order chi connectivity index (χ0) is 17.7. The lowest BCUT2D eigenvalue weighted by molar-refractivity contribution is -0.111. The first-order valence-electron chi connectivity index (χ1n) is 6.67. The Balaban J connectivity index is 2.23. The Labute approximate surface area is 146 Å². The highest BCUT2D eigenvalue weighted by atomic mass is 79.9. The number of carbonyl (C=O) groups is 1. The van der Waals surface area contributed by atoms with Gasteiger partial charge in [0, 0.05) is 10.5 Å². The van der Waals surface area contributed by atoms with Crippen molar-refractivity contribution in [2.45, 2.75) is 10.7 Å². The minimum atomic E-state index is -4.81. The summed E-state index contributed by atoms with van der Waals surface area (Å²) < 4.78 is 49.5. The molecule has 0 unspecified atom stereocenters. The van der Waals surface area contributed by atoms with Gasteiger partial charge in [0.1, 0.15) is 0 Å². The SMILES string of the molecule is O=C(C=Cc1ccccc1Br)Nc1ccccc1S(=O)(=O)C(F)F. The average molecular weight is 416 g/mol. The summed E-state index contributed by atoms with van der Waals surface area (Å²) in [5.41, 5.74) is 0.542. The highest BCUT2D eigenvalue weighted by molar-refractivity contribution is 9.10. The summed E-state index contributed by atoms with van der Waals surface area (Å²) in [6, 6.07) is 12.2. The second-order valence-corrected chi connectivity index (χ2v) is 7.39. The van der Waals surface area contributed by atoms with Crippen LogP contribution in [-0.4, -0.2) is 20.1 Å². The summed E-state index contributed by atoms with van der Waals surface area (Å²) in [6.07, 6.45) is 2.70. The maximum Gasteiger partial charge on any atom is 0.341 e. The van der Waals surface area contributed by atoms with E-state index >= 15 is 0 Å². The largest absolute Gasteiger partial charge is 0.341 e. The van der Waals surface area contributed by atoms with Crippen LogP contribution in [0.25, 0.3) is 6.08 Å². The number of para-hydroxylation sites is 1. The van der Waals surface area contributed by atoms with E-state index in [0.29, 0.717) is 0 Å². The molecule has 0 saturated heterocycles. The lowest BCUT2D eigenvalue weighted by atomic mass is 10.2. The van der Waals surface area contributed by atoms with Gasteiger partial charge in [-0.15, -0.1) is 0 Å².